The van der Waals surface area contributed by atoms with E-state index in [0.717, 1.165) is 16.3 Å². The normalized spacial score (nSPS) is 15.2. The lowest BCUT2D eigenvalue weighted by Gasteiger charge is -2.24. The van der Waals surface area contributed by atoms with Crippen molar-refractivity contribution >= 4 is 33.3 Å². The number of carbonyl (C=O) groups is 1. The number of unbranched alkanes of at least 4 members (excludes halogenated alkanes) is 1. The van der Waals surface area contributed by atoms with Crippen LogP contribution in [-0.4, -0.2) is 28.3 Å². The molecule has 1 atom stereocenters. The number of rotatable bonds is 5. The minimum Gasteiger partial charge on any atom is -0.493 e. The monoisotopic (exact) mass is 440 g/mol. The van der Waals surface area contributed by atoms with Crippen LogP contribution in [0.4, 0.5) is 5.69 Å². The van der Waals surface area contributed by atoms with E-state index < -0.39 is 12.0 Å². The van der Waals surface area contributed by atoms with Crippen molar-refractivity contribution in [3.05, 3.63) is 60.7 Å². The van der Waals surface area contributed by atoms with E-state index >= 15 is 0 Å². The van der Waals surface area contributed by atoms with Crippen LogP contribution in [0, 0.1) is 11.3 Å². The van der Waals surface area contributed by atoms with E-state index in [0.29, 0.717) is 36.3 Å². The van der Waals surface area contributed by atoms with Crippen LogP contribution in [0.5, 0.6) is 17.4 Å². The standard InChI is InChI=1S/C25H20N4O4/c26-11-5-6-12-29-19-10-4-3-9-18(19)23(25(29)31)27-28-24(30)22-15-32-20-13-16-7-1-2-8-17(16)14-21(20)33-22/h1-4,7-10,13-14,22,31H,5-6,12,15H2/t22-/m0/s1. The number of aromatic nitrogens is 1. The molecule has 5 rings (SSSR count). The third kappa shape index (κ3) is 3.85. The van der Waals surface area contributed by atoms with Gasteiger partial charge in [-0.3, -0.25) is 4.79 Å². The maximum Gasteiger partial charge on any atom is 0.308 e. The van der Waals surface area contributed by atoms with E-state index in [1.807, 2.05) is 54.6 Å². The first kappa shape index (κ1) is 20.5. The summed E-state index contributed by atoms with van der Waals surface area (Å²) in [5.41, 5.74) is 0.964. The number of aromatic hydroxyl groups is 1. The molecular weight excluding hydrogens is 420 g/mol. The highest BCUT2D eigenvalue weighted by atomic mass is 16.6. The maximum absolute atomic E-state index is 12.7. The highest BCUT2D eigenvalue weighted by Gasteiger charge is 2.28. The van der Waals surface area contributed by atoms with Gasteiger partial charge in [0.2, 0.25) is 12.0 Å². The van der Waals surface area contributed by atoms with Gasteiger partial charge in [-0.25, -0.2) is 0 Å². The minimum atomic E-state index is -0.937. The number of benzene rings is 3. The summed E-state index contributed by atoms with van der Waals surface area (Å²) in [7, 11) is 0. The molecule has 0 aliphatic carbocycles. The predicted octanol–water partition coefficient (Wildman–Crippen LogP) is 5.25. The number of nitrogens with zero attached hydrogens (tertiary/aromatic N) is 4. The average molecular weight is 440 g/mol. The van der Waals surface area contributed by atoms with Crippen LogP contribution >= 0.6 is 0 Å². The first-order valence-corrected chi connectivity index (χ1v) is 10.6. The van der Waals surface area contributed by atoms with E-state index in [2.05, 4.69) is 16.3 Å². The molecule has 8 nitrogen and oxygen atoms in total. The SMILES string of the molecule is N#CCCCn1c(O)c(N=NC(=O)[C@@H]2COc3cc4ccccc4cc3O2)c2ccccc21. The van der Waals surface area contributed by atoms with E-state index in [4.69, 9.17) is 14.7 Å². The summed E-state index contributed by atoms with van der Waals surface area (Å²) in [5, 5.41) is 30.1. The Morgan fingerprint density at radius 1 is 1.12 bits per heavy atom. The number of carbonyl (C=O) groups excluding carboxylic acids is 1. The molecule has 0 radical (unpaired) electrons. The summed E-state index contributed by atoms with van der Waals surface area (Å²) in [4.78, 5) is 12.7. The molecule has 0 spiro atoms. The van der Waals surface area contributed by atoms with E-state index in [1.54, 1.807) is 10.6 Å². The van der Waals surface area contributed by atoms with Gasteiger partial charge in [0.15, 0.2) is 17.2 Å². The Labute approximate surface area is 189 Å². The van der Waals surface area contributed by atoms with Crippen LogP contribution in [0.2, 0.25) is 0 Å². The van der Waals surface area contributed by atoms with Crippen molar-refractivity contribution in [2.75, 3.05) is 6.61 Å². The molecule has 0 unspecified atom stereocenters. The number of hydrogen-bond donors (Lipinski definition) is 1. The molecule has 1 N–H and O–H groups in total. The molecule has 3 aromatic carbocycles. The van der Waals surface area contributed by atoms with Crippen molar-refractivity contribution in [2.45, 2.75) is 25.5 Å². The molecular formula is C25H20N4O4. The van der Waals surface area contributed by atoms with Crippen molar-refractivity contribution in [1.82, 2.24) is 4.57 Å². The molecule has 0 bridgehead atoms. The fourth-order valence-electron chi connectivity index (χ4n) is 3.95. The van der Waals surface area contributed by atoms with Gasteiger partial charge < -0.3 is 19.1 Å². The zero-order valence-electron chi connectivity index (χ0n) is 17.6. The summed E-state index contributed by atoms with van der Waals surface area (Å²) < 4.78 is 13.3. The van der Waals surface area contributed by atoms with Crippen molar-refractivity contribution in [2.24, 2.45) is 10.2 Å². The highest BCUT2D eigenvalue weighted by molar-refractivity contribution is 5.95. The third-order valence-electron chi connectivity index (χ3n) is 5.58. The number of aryl methyl sites for hydroxylation is 1. The molecule has 1 aliphatic rings. The smallest absolute Gasteiger partial charge is 0.308 e. The van der Waals surface area contributed by atoms with Gasteiger partial charge in [-0.1, -0.05) is 42.5 Å². The molecule has 164 valence electrons. The predicted molar refractivity (Wildman–Crippen MR) is 122 cm³/mol. The Morgan fingerprint density at radius 3 is 2.64 bits per heavy atom. The lowest BCUT2D eigenvalue weighted by molar-refractivity contribution is -0.127. The molecule has 8 heteroatoms. The number of hydrogen-bond acceptors (Lipinski definition) is 6. The van der Waals surface area contributed by atoms with Crippen molar-refractivity contribution in [1.29, 1.82) is 5.26 Å². The van der Waals surface area contributed by atoms with Gasteiger partial charge in [0.05, 0.1) is 11.6 Å². The molecule has 33 heavy (non-hydrogen) atoms. The van der Waals surface area contributed by atoms with Crippen LogP contribution < -0.4 is 9.47 Å². The van der Waals surface area contributed by atoms with E-state index in [1.165, 1.54) is 0 Å². The summed E-state index contributed by atoms with van der Waals surface area (Å²) in [6.07, 6.45) is 0.0185. The summed E-state index contributed by atoms with van der Waals surface area (Å²) >= 11 is 0. The number of amides is 1. The van der Waals surface area contributed by atoms with Gasteiger partial charge in [-0.15, -0.1) is 10.2 Å². The lowest BCUT2D eigenvalue weighted by Crippen LogP contribution is -2.35. The van der Waals surface area contributed by atoms with Crippen LogP contribution in [0.1, 0.15) is 12.8 Å². The van der Waals surface area contributed by atoms with Gasteiger partial charge in [0.25, 0.3) is 0 Å². The molecule has 0 saturated carbocycles. The topological polar surface area (TPSA) is 109 Å². The van der Waals surface area contributed by atoms with Crippen LogP contribution in [0.25, 0.3) is 21.7 Å². The average Bonchev–Trinajstić information content (AvgIpc) is 3.11. The second-order valence-corrected chi connectivity index (χ2v) is 7.70. The zero-order chi connectivity index (χ0) is 22.8. The number of azo groups is 1. The largest absolute Gasteiger partial charge is 0.493 e. The maximum atomic E-state index is 12.7. The van der Waals surface area contributed by atoms with Crippen molar-refractivity contribution < 1.29 is 19.4 Å². The number of para-hydroxylation sites is 1. The molecule has 0 fully saturated rings. The van der Waals surface area contributed by atoms with Gasteiger partial charge in [0, 0.05) is 18.4 Å². The molecule has 1 aliphatic heterocycles. The van der Waals surface area contributed by atoms with E-state index in [-0.39, 0.29) is 18.2 Å². The van der Waals surface area contributed by atoms with Gasteiger partial charge in [-0.05, 0) is 35.4 Å². The second-order valence-electron chi connectivity index (χ2n) is 7.70. The summed E-state index contributed by atoms with van der Waals surface area (Å²) in [6.45, 7) is 0.471. The van der Waals surface area contributed by atoms with Crippen molar-refractivity contribution in [3.8, 4) is 23.4 Å². The number of nitriles is 1. The Kier molecular flexibility index (Phi) is 5.37. The first-order chi connectivity index (χ1) is 16.2. The lowest BCUT2D eigenvalue weighted by atomic mass is 10.1. The van der Waals surface area contributed by atoms with Gasteiger partial charge in [-0.2, -0.15) is 5.26 Å². The van der Waals surface area contributed by atoms with E-state index in [9.17, 15) is 9.90 Å². The highest BCUT2D eigenvalue weighted by Crippen LogP contribution is 2.39. The van der Waals surface area contributed by atoms with Crippen LogP contribution in [-0.2, 0) is 11.3 Å². The zero-order valence-corrected chi connectivity index (χ0v) is 17.6. The second kappa shape index (κ2) is 8.63. The summed E-state index contributed by atoms with van der Waals surface area (Å²) in [6, 6.07) is 20.9. The third-order valence-corrected chi connectivity index (χ3v) is 5.58. The molecule has 4 aromatic rings. The molecule has 1 amide bonds. The van der Waals surface area contributed by atoms with Crippen molar-refractivity contribution in [3.63, 3.8) is 0 Å². The Balaban J connectivity index is 1.39. The molecule has 2 heterocycles. The minimum absolute atomic E-state index is 0.0189. The van der Waals surface area contributed by atoms with Crippen LogP contribution in [0.15, 0.2) is 70.9 Å². The Morgan fingerprint density at radius 2 is 1.85 bits per heavy atom. The number of fused-ring (bicyclic) bond motifs is 3. The fourth-order valence-corrected chi connectivity index (χ4v) is 3.95. The van der Waals surface area contributed by atoms with Gasteiger partial charge >= 0.3 is 5.91 Å². The number of ether oxygens (including phenoxy) is 2. The first-order valence-electron chi connectivity index (χ1n) is 10.6. The molecule has 1 aromatic heterocycles. The summed E-state index contributed by atoms with van der Waals surface area (Å²) in [5.74, 6) is 0.357. The molecule has 0 saturated heterocycles. The quantitative estimate of drug-likeness (QED) is 0.336. The Bertz CT molecular complexity index is 1430. The van der Waals surface area contributed by atoms with Gasteiger partial charge in [0.1, 0.15) is 6.61 Å². The Hall–Kier alpha value is -4.38. The fraction of sp³-hybridized carbons (Fsp3) is 0.200. The van der Waals surface area contributed by atoms with Crippen LogP contribution in [0.3, 0.4) is 0 Å².